The molecule has 0 spiro atoms. The van der Waals surface area contributed by atoms with Crippen LogP contribution in [0.15, 0.2) is 0 Å². The fourth-order valence-corrected chi connectivity index (χ4v) is 1.68. The summed E-state index contributed by atoms with van der Waals surface area (Å²) in [5, 5.41) is 3.30. The third-order valence-electron chi connectivity index (χ3n) is 2.56. The number of carbonyl (C=O) groups is 1. The maximum Gasteiger partial charge on any atom is 0.152 e. The van der Waals surface area contributed by atoms with E-state index in [-0.39, 0.29) is 5.54 Å². The molecule has 1 N–H and O–H groups in total. The Labute approximate surface area is 68.4 Å². The molecule has 11 heavy (non-hydrogen) atoms. The van der Waals surface area contributed by atoms with E-state index in [4.69, 9.17) is 0 Å². The van der Waals surface area contributed by atoms with Gasteiger partial charge < -0.3 is 5.32 Å². The summed E-state index contributed by atoms with van der Waals surface area (Å²) in [6, 6.07) is 0. The van der Waals surface area contributed by atoms with E-state index in [1.165, 1.54) is 12.8 Å². The van der Waals surface area contributed by atoms with Crippen LogP contribution < -0.4 is 5.32 Å². The van der Waals surface area contributed by atoms with Crippen LogP contribution in [0.4, 0.5) is 0 Å². The Balaban J connectivity index is 2.56. The number of piperidine rings is 1. The zero-order chi connectivity index (χ0) is 8.32. The van der Waals surface area contributed by atoms with Crippen LogP contribution in [0.5, 0.6) is 0 Å². The summed E-state index contributed by atoms with van der Waals surface area (Å²) in [6.45, 7) is 4.96. The van der Waals surface area contributed by atoms with Crippen molar-refractivity contribution in [2.24, 2.45) is 0 Å². The zero-order valence-electron chi connectivity index (χ0n) is 7.44. The molecule has 1 heterocycles. The van der Waals surface area contributed by atoms with E-state index in [1.807, 2.05) is 13.8 Å². The van der Waals surface area contributed by atoms with E-state index in [0.717, 1.165) is 13.0 Å². The van der Waals surface area contributed by atoms with Gasteiger partial charge in [0.25, 0.3) is 0 Å². The van der Waals surface area contributed by atoms with E-state index >= 15 is 0 Å². The summed E-state index contributed by atoms with van der Waals surface area (Å²) < 4.78 is 0. The first kappa shape index (κ1) is 8.72. The van der Waals surface area contributed by atoms with Crippen molar-refractivity contribution in [3.8, 4) is 0 Å². The van der Waals surface area contributed by atoms with Gasteiger partial charge in [0.05, 0.1) is 5.54 Å². The van der Waals surface area contributed by atoms with Crippen LogP contribution >= 0.6 is 0 Å². The number of nitrogens with one attached hydrogen (secondary N) is 1. The van der Waals surface area contributed by atoms with E-state index in [0.29, 0.717) is 12.2 Å². The Morgan fingerprint density at radius 1 is 1.55 bits per heavy atom. The Morgan fingerprint density at radius 3 is 2.73 bits per heavy atom. The van der Waals surface area contributed by atoms with Crippen molar-refractivity contribution < 1.29 is 4.79 Å². The normalized spacial score (nSPS) is 31.8. The van der Waals surface area contributed by atoms with Gasteiger partial charge >= 0.3 is 0 Å². The summed E-state index contributed by atoms with van der Waals surface area (Å²) in [7, 11) is 0. The average Bonchev–Trinajstić information content (AvgIpc) is 2.04. The molecule has 0 radical (unpaired) electrons. The van der Waals surface area contributed by atoms with Crippen molar-refractivity contribution in [2.45, 2.75) is 45.1 Å². The summed E-state index contributed by atoms with van der Waals surface area (Å²) in [5.41, 5.74) is -0.201. The maximum absolute atomic E-state index is 11.4. The molecule has 0 aromatic rings. The van der Waals surface area contributed by atoms with E-state index < -0.39 is 0 Å². The van der Waals surface area contributed by atoms with Crippen LogP contribution in [0.3, 0.4) is 0 Å². The summed E-state index contributed by atoms with van der Waals surface area (Å²) in [6.07, 6.45) is 4.07. The van der Waals surface area contributed by atoms with Crippen molar-refractivity contribution in [3.63, 3.8) is 0 Å². The first-order valence-electron chi connectivity index (χ1n) is 4.47. The third kappa shape index (κ3) is 1.80. The SMILES string of the molecule is CCC(=O)C1(C)CCCCN1. The molecule has 1 aliphatic rings. The predicted molar refractivity (Wildman–Crippen MR) is 45.6 cm³/mol. The molecule has 0 aliphatic carbocycles. The van der Waals surface area contributed by atoms with Gasteiger partial charge in [-0.2, -0.15) is 0 Å². The minimum atomic E-state index is -0.201. The Hall–Kier alpha value is -0.370. The molecule has 1 saturated heterocycles. The number of Topliss-reactive ketones (excluding diaryl/α,β-unsaturated/α-hetero) is 1. The fraction of sp³-hybridized carbons (Fsp3) is 0.889. The van der Waals surface area contributed by atoms with Gasteiger partial charge in [0.2, 0.25) is 0 Å². The van der Waals surface area contributed by atoms with Gasteiger partial charge in [0.15, 0.2) is 5.78 Å². The summed E-state index contributed by atoms with van der Waals surface area (Å²) in [4.78, 5) is 11.4. The predicted octanol–water partition coefficient (Wildman–Crippen LogP) is 1.50. The van der Waals surface area contributed by atoms with Crippen LogP contribution in [-0.4, -0.2) is 17.9 Å². The van der Waals surface area contributed by atoms with Gasteiger partial charge in [0, 0.05) is 6.42 Å². The van der Waals surface area contributed by atoms with Crippen LogP contribution in [-0.2, 0) is 4.79 Å². The van der Waals surface area contributed by atoms with Crippen LogP contribution in [0, 0.1) is 0 Å². The molecule has 0 amide bonds. The highest BCUT2D eigenvalue weighted by Crippen LogP contribution is 2.20. The van der Waals surface area contributed by atoms with Crippen molar-refractivity contribution in [3.05, 3.63) is 0 Å². The molecule has 0 bridgehead atoms. The molecule has 0 saturated carbocycles. The zero-order valence-corrected chi connectivity index (χ0v) is 7.44. The highest BCUT2D eigenvalue weighted by Gasteiger charge is 2.32. The smallest absolute Gasteiger partial charge is 0.152 e. The molecule has 2 heteroatoms. The number of rotatable bonds is 2. The number of hydrogen-bond acceptors (Lipinski definition) is 2. The molecular formula is C9H17NO. The van der Waals surface area contributed by atoms with E-state index in [2.05, 4.69) is 5.32 Å². The van der Waals surface area contributed by atoms with Crippen molar-refractivity contribution in [1.82, 2.24) is 5.32 Å². The van der Waals surface area contributed by atoms with E-state index in [1.54, 1.807) is 0 Å². The van der Waals surface area contributed by atoms with Crippen LogP contribution in [0.25, 0.3) is 0 Å². The maximum atomic E-state index is 11.4. The number of carbonyl (C=O) groups excluding carboxylic acids is 1. The molecule has 1 aliphatic heterocycles. The lowest BCUT2D eigenvalue weighted by atomic mass is 9.86. The standard InChI is InChI=1S/C9H17NO/c1-3-8(11)9(2)6-4-5-7-10-9/h10H,3-7H2,1-2H3. The molecule has 1 atom stereocenters. The third-order valence-corrected chi connectivity index (χ3v) is 2.56. The lowest BCUT2D eigenvalue weighted by Gasteiger charge is -2.33. The second-order valence-corrected chi connectivity index (χ2v) is 3.49. The van der Waals surface area contributed by atoms with E-state index in [9.17, 15) is 4.79 Å². The Kier molecular flexibility index (Phi) is 2.66. The van der Waals surface area contributed by atoms with Gasteiger partial charge in [-0.3, -0.25) is 4.79 Å². The summed E-state index contributed by atoms with van der Waals surface area (Å²) >= 11 is 0. The Bertz CT molecular complexity index is 148. The lowest BCUT2D eigenvalue weighted by molar-refractivity contribution is -0.125. The second kappa shape index (κ2) is 3.35. The molecule has 1 unspecified atom stereocenters. The number of ketones is 1. The van der Waals surface area contributed by atoms with Gasteiger partial charge in [-0.25, -0.2) is 0 Å². The monoisotopic (exact) mass is 155 g/mol. The summed E-state index contributed by atoms with van der Waals surface area (Å²) in [5.74, 6) is 0.359. The molecule has 2 nitrogen and oxygen atoms in total. The molecule has 0 aromatic heterocycles. The lowest BCUT2D eigenvalue weighted by Crippen LogP contribution is -2.51. The molecular weight excluding hydrogens is 138 g/mol. The fourth-order valence-electron chi connectivity index (χ4n) is 1.68. The molecule has 1 rings (SSSR count). The molecule has 0 aromatic carbocycles. The molecule has 1 fully saturated rings. The van der Waals surface area contributed by atoms with Gasteiger partial charge in [0.1, 0.15) is 0 Å². The highest BCUT2D eigenvalue weighted by molar-refractivity contribution is 5.87. The van der Waals surface area contributed by atoms with Crippen molar-refractivity contribution in [2.75, 3.05) is 6.54 Å². The number of hydrogen-bond donors (Lipinski definition) is 1. The minimum Gasteiger partial charge on any atom is -0.305 e. The quantitative estimate of drug-likeness (QED) is 0.654. The topological polar surface area (TPSA) is 29.1 Å². The average molecular weight is 155 g/mol. The van der Waals surface area contributed by atoms with Crippen molar-refractivity contribution >= 4 is 5.78 Å². The highest BCUT2D eigenvalue weighted by atomic mass is 16.1. The van der Waals surface area contributed by atoms with Gasteiger partial charge in [-0.05, 0) is 32.7 Å². The van der Waals surface area contributed by atoms with Crippen molar-refractivity contribution in [1.29, 1.82) is 0 Å². The largest absolute Gasteiger partial charge is 0.305 e. The second-order valence-electron chi connectivity index (χ2n) is 3.49. The first-order valence-corrected chi connectivity index (χ1v) is 4.47. The Morgan fingerprint density at radius 2 is 2.27 bits per heavy atom. The van der Waals surface area contributed by atoms with Gasteiger partial charge in [-0.15, -0.1) is 0 Å². The first-order chi connectivity index (χ1) is 5.19. The van der Waals surface area contributed by atoms with Crippen LogP contribution in [0.2, 0.25) is 0 Å². The van der Waals surface area contributed by atoms with Gasteiger partial charge in [-0.1, -0.05) is 6.92 Å². The minimum absolute atomic E-state index is 0.201. The van der Waals surface area contributed by atoms with Crippen LogP contribution in [0.1, 0.15) is 39.5 Å². The molecule has 64 valence electrons.